The van der Waals surface area contributed by atoms with Gasteiger partial charge in [0.15, 0.2) is 0 Å². The molecule has 1 N–H and O–H groups in total. The van der Waals surface area contributed by atoms with E-state index < -0.39 is 5.82 Å². The molecule has 0 unspecified atom stereocenters. The van der Waals surface area contributed by atoms with Crippen molar-refractivity contribution in [3.8, 4) is 28.5 Å². The molecule has 0 aliphatic carbocycles. The first kappa shape index (κ1) is 31.3. The Morgan fingerprint density at radius 2 is 1.74 bits per heavy atom. The van der Waals surface area contributed by atoms with Crippen LogP contribution in [0.1, 0.15) is 32.0 Å². The standard InChI is InChI=1S/C33H43FN4O4/c1-5-40-29-9-6-26(7-10-29)31-11-8-28(36-33(31)41-17-16-38-14-12-37(4)13-15-38)21-32(39)35-22-25-18-27(34)20-30(19-25)42-23-24(2)3/h6-11,18-20,24H,5,12-17,21-23H2,1-4H3,(H,35,39). The molecule has 226 valence electrons. The molecule has 1 amide bonds. The van der Waals surface area contributed by atoms with Gasteiger partial charge in [-0.15, -0.1) is 0 Å². The summed E-state index contributed by atoms with van der Waals surface area (Å²) >= 11 is 0. The van der Waals surface area contributed by atoms with Gasteiger partial charge >= 0.3 is 0 Å². The summed E-state index contributed by atoms with van der Waals surface area (Å²) in [6, 6.07) is 16.1. The van der Waals surface area contributed by atoms with Crippen molar-refractivity contribution >= 4 is 5.91 Å². The molecule has 1 aliphatic heterocycles. The molecular formula is C33H43FN4O4. The van der Waals surface area contributed by atoms with Crippen LogP contribution in [0.5, 0.6) is 17.4 Å². The first-order valence-corrected chi connectivity index (χ1v) is 14.7. The lowest BCUT2D eigenvalue weighted by Crippen LogP contribution is -2.45. The van der Waals surface area contributed by atoms with Gasteiger partial charge in [-0.25, -0.2) is 9.37 Å². The van der Waals surface area contributed by atoms with Crippen molar-refractivity contribution in [2.24, 2.45) is 5.92 Å². The van der Waals surface area contributed by atoms with Gasteiger partial charge in [0, 0.05) is 50.9 Å². The molecule has 1 aliphatic rings. The van der Waals surface area contributed by atoms with E-state index in [1.807, 2.05) is 57.2 Å². The molecular weight excluding hydrogens is 535 g/mol. The van der Waals surface area contributed by atoms with E-state index in [2.05, 4.69) is 22.2 Å². The van der Waals surface area contributed by atoms with Crippen LogP contribution >= 0.6 is 0 Å². The number of piperazine rings is 1. The van der Waals surface area contributed by atoms with E-state index in [0.29, 0.717) is 48.6 Å². The number of carbonyl (C=O) groups is 1. The topological polar surface area (TPSA) is 76.2 Å². The van der Waals surface area contributed by atoms with Gasteiger partial charge in [-0.2, -0.15) is 0 Å². The van der Waals surface area contributed by atoms with Gasteiger partial charge in [0.05, 0.1) is 25.3 Å². The number of aromatic nitrogens is 1. The fourth-order valence-electron chi connectivity index (χ4n) is 4.64. The molecule has 0 radical (unpaired) electrons. The maximum Gasteiger partial charge on any atom is 0.226 e. The lowest BCUT2D eigenvalue weighted by atomic mass is 10.1. The van der Waals surface area contributed by atoms with Crippen LogP contribution in [0.4, 0.5) is 4.39 Å². The number of nitrogens with zero attached hydrogens (tertiary/aromatic N) is 3. The SMILES string of the molecule is CCOc1ccc(-c2ccc(CC(=O)NCc3cc(F)cc(OCC(C)C)c3)nc2OCCN2CCN(C)CC2)cc1. The van der Waals surface area contributed by atoms with Crippen molar-refractivity contribution < 1.29 is 23.4 Å². The third-order valence-electron chi connectivity index (χ3n) is 6.98. The van der Waals surface area contributed by atoms with Crippen molar-refractivity contribution in [2.75, 3.05) is 59.6 Å². The van der Waals surface area contributed by atoms with Crippen molar-refractivity contribution in [1.29, 1.82) is 0 Å². The molecule has 1 fully saturated rings. The second-order valence-electron chi connectivity index (χ2n) is 11.1. The Bertz CT molecular complexity index is 1290. The highest BCUT2D eigenvalue weighted by Crippen LogP contribution is 2.30. The van der Waals surface area contributed by atoms with Gasteiger partial charge in [-0.1, -0.05) is 26.0 Å². The monoisotopic (exact) mass is 578 g/mol. The fraction of sp³-hybridized carbons (Fsp3) is 0.455. The fourth-order valence-corrected chi connectivity index (χ4v) is 4.64. The number of carbonyl (C=O) groups excluding carboxylic acids is 1. The third kappa shape index (κ3) is 9.70. The van der Waals surface area contributed by atoms with E-state index in [9.17, 15) is 9.18 Å². The Labute approximate surface area is 248 Å². The molecule has 8 nitrogen and oxygen atoms in total. The molecule has 3 aromatic rings. The van der Waals surface area contributed by atoms with Crippen LogP contribution in [0, 0.1) is 11.7 Å². The second kappa shape index (κ2) is 15.5. The van der Waals surface area contributed by atoms with Crippen LogP contribution in [-0.2, 0) is 17.8 Å². The molecule has 2 heterocycles. The molecule has 9 heteroatoms. The Morgan fingerprint density at radius 3 is 2.45 bits per heavy atom. The number of hydrogen-bond acceptors (Lipinski definition) is 7. The first-order chi connectivity index (χ1) is 20.3. The molecule has 4 rings (SSSR count). The van der Waals surface area contributed by atoms with E-state index in [-0.39, 0.29) is 18.9 Å². The van der Waals surface area contributed by atoms with Gasteiger partial charge in [0.2, 0.25) is 11.8 Å². The molecule has 42 heavy (non-hydrogen) atoms. The summed E-state index contributed by atoms with van der Waals surface area (Å²) in [5.41, 5.74) is 3.04. The highest BCUT2D eigenvalue weighted by atomic mass is 19.1. The normalized spacial score (nSPS) is 14.1. The van der Waals surface area contributed by atoms with Gasteiger partial charge in [0.1, 0.15) is 23.9 Å². The summed E-state index contributed by atoms with van der Waals surface area (Å²) in [4.78, 5) is 22.3. The van der Waals surface area contributed by atoms with Crippen molar-refractivity contribution in [1.82, 2.24) is 20.1 Å². The maximum atomic E-state index is 14.1. The van der Waals surface area contributed by atoms with Crippen molar-refractivity contribution in [3.63, 3.8) is 0 Å². The first-order valence-electron chi connectivity index (χ1n) is 14.7. The number of benzene rings is 2. The van der Waals surface area contributed by atoms with E-state index >= 15 is 0 Å². The van der Waals surface area contributed by atoms with E-state index in [4.69, 9.17) is 19.2 Å². The number of rotatable bonds is 14. The minimum atomic E-state index is -0.398. The number of nitrogens with one attached hydrogen (secondary N) is 1. The summed E-state index contributed by atoms with van der Waals surface area (Å²) in [6.07, 6.45) is 0.0738. The Hall–Kier alpha value is -3.69. The number of amides is 1. The molecule has 0 saturated carbocycles. The highest BCUT2D eigenvalue weighted by molar-refractivity contribution is 5.78. The Kier molecular flexibility index (Phi) is 11.5. The minimum Gasteiger partial charge on any atom is -0.494 e. The molecule has 0 bridgehead atoms. The summed E-state index contributed by atoms with van der Waals surface area (Å²) < 4.78 is 31.6. The quantitative estimate of drug-likeness (QED) is 0.294. The van der Waals surface area contributed by atoms with Crippen molar-refractivity contribution in [3.05, 3.63) is 71.7 Å². The zero-order chi connectivity index (χ0) is 29.9. The predicted octanol–water partition coefficient (Wildman–Crippen LogP) is 4.81. The molecule has 1 saturated heterocycles. The highest BCUT2D eigenvalue weighted by Gasteiger charge is 2.16. The minimum absolute atomic E-state index is 0.0738. The van der Waals surface area contributed by atoms with E-state index in [0.717, 1.165) is 49.6 Å². The largest absolute Gasteiger partial charge is 0.494 e. The van der Waals surface area contributed by atoms with Gasteiger partial charge in [-0.3, -0.25) is 9.69 Å². The third-order valence-corrected chi connectivity index (χ3v) is 6.98. The Morgan fingerprint density at radius 1 is 0.976 bits per heavy atom. The zero-order valence-electron chi connectivity index (χ0n) is 25.2. The number of likely N-dealkylation sites (N-methyl/N-ethyl adjacent to an activating group) is 1. The number of pyridine rings is 1. The molecule has 2 aromatic carbocycles. The van der Waals surface area contributed by atoms with Crippen LogP contribution < -0.4 is 19.5 Å². The second-order valence-corrected chi connectivity index (χ2v) is 11.1. The van der Waals surface area contributed by atoms with Crippen LogP contribution in [-0.4, -0.2) is 80.3 Å². The van der Waals surface area contributed by atoms with Crippen LogP contribution in [0.3, 0.4) is 0 Å². The summed E-state index contributed by atoms with van der Waals surface area (Å²) in [5.74, 6) is 1.47. The van der Waals surface area contributed by atoms with Gasteiger partial charge in [0.25, 0.3) is 0 Å². The molecule has 1 aromatic heterocycles. The number of hydrogen-bond donors (Lipinski definition) is 1. The summed E-state index contributed by atoms with van der Waals surface area (Å²) in [6.45, 7) is 12.7. The summed E-state index contributed by atoms with van der Waals surface area (Å²) in [5, 5.41) is 2.87. The van der Waals surface area contributed by atoms with E-state index in [1.54, 1.807) is 6.07 Å². The molecule has 0 atom stereocenters. The molecule has 0 spiro atoms. The summed E-state index contributed by atoms with van der Waals surface area (Å²) in [7, 11) is 2.14. The van der Waals surface area contributed by atoms with Crippen LogP contribution in [0.2, 0.25) is 0 Å². The van der Waals surface area contributed by atoms with E-state index in [1.165, 1.54) is 12.1 Å². The van der Waals surface area contributed by atoms with Crippen LogP contribution in [0.15, 0.2) is 54.6 Å². The number of ether oxygens (including phenoxy) is 3. The average Bonchev–Trinajstić information content (AvgIpc) is 2.97. The van der Waals surface area contributed by atoms with Gasteiger partial charge < -0.3 is 24.4 Å². The lowest BCUT2D eigenvalue weighted by Gasteiger charge is -2.32. The average molecular weight is 579 g/mol. The van der Waals surface area contributed by atoms with Crippen molar-refractivity contribution in [2.45, 2.75) is 33.7 Å². The Balaban J connectivity index is 1.42. The zero-order valence-corrected chi connectivity index (χ0v) is 25.2. The smallest absolute Gasteiger partial charge is 0.226 e. The lowest BCUT2D eigenvalue weighted by molar-refractivity contribution is -0.120. The van der Waals surface area contributed by atoms with Crippen LogP contribution in [0.25, 0.3) is 11.1 Å². The maximum absolute atomic E-state index is 14.1. The predicted molar refractivity (Wildman–Crippen MR) is 163 cm³/mol. The van der Waals surface area contributed by atoms with Gasteiger partial charge in [-0.05, 0) is 67.4 Å². The number of halogens is 1.